The number of nitrogens with one attached hydrogen (secondary N) is 1. The van der Waals surface area contributed by atoms with Gasteiger partial charge in [-0.05, 0) is 18.3 Å². The Morgan fingerprint density at radius 2 is 2.25 bits per heavy atom. The average Bonchev–Trinajstić information content (AvgIpc) is 2.85. The highest BCUT2D eigenvalue weighted by atomic mass is 15.3. The fourth-order valence-corrected chi connectivity index (χ4v) is 2.73. The molecule has 0 aliphatic heterocycles. The van der Waals surface area contributed by atoms with E-state index in [1.165, 1.54) is 25.7 Å². The molecule has 1 heterocycles. The van der Waals surface area contributed by atoms with Crippen molar-refractivity contribution in [3.8, 4) is 0 Å². The molecule has 0 bridgehead atoms. The van der Waals surface area contributed by atoms with Crippen molar-refractivity contribution in [3.63, 3.8) is 0 Å². The summed E-state index contributed by atoms with van der Waals surface area (Å²) in [6.45, 7) is 2.32. The molecule has 0 spiro atoms. The topological polar surface area (TPSA) is 68.8 Å². The lowest BCUT2D eigenvalue weighted by atomic mass is 9.79. The SMILES string of the molecule is Cn1ncnc1CC(NN)C1(C)CCCC1. The predicted octanol–water partition coefficient (Wildman–Crippen LogP) is 0.770. The Balaban J connectivity index is 2.08. The molecule has 1 atom stereocenters. The Morgan fingerprint density at radius 1 is 1.56 bits per heavy atom. The van der Waals surface area contributed by atoms with Crippen LogP contribution in [0.5, 0.6) is 0 Å². The van der Waals surface area contributed by atoms with Gasteiger partial charge in [0.2, 0.25) is 0 Å². The van der Waals surface area contributed by atoms with Crippen LogP contribution in [0.25, 0.3) is 0 Å². The van der Waals surface area contributed by atoms with Crippen LogP contribution >= 0.6 is 0 Å². The van der Waals surface area contributed by atoms with Crippen molar-refractivity contribution in [1.29, 1.82) is 0 Å². The zero-order valence-corrected chi connectivity index (χ0v) is 10.1. The average molecular weight is 223 g/mol. The highest BCUT2D eigenvalue weighted by molar-refractivity contribution is 4.97. The van der Waals surface area contributed by atoms with Crippen LogP contribution in [-0.2, 0) is 13.5 Å². The standard InChI is InChI=1S/C11H21N5/c1-11(5-3-4-6-11)9(15-12)7-10-13-8-14-16(10)2/h8-9,15H,3-7,12H2,1-2H3. The van der Waals surface area contributed by atoms with Gasteiger partial charge in [0.15, 0.2) is 0 Å². The third kappa shape index (κ3) is 2.10. The van der Waals surface area contributed by atoms with Crippen LogP contribution in [0.3, 0.4) is 0 Å². The van der Waals surface area contributed by atoms with E-state index >= 15 is 0 Å². The molecule has 90 valence electrons. The van der Waals surface area contributed by atoms with Gasteiger partial charge in [-0.2, -0.15) is 5.10 Å². The minimum Gasteiger partial charge on any atom is -0.271 e. The van der Waals surface area contributed by atoms with Crippen molar-refractivity contribution in [2.75, 3.05) is 0 Å². The maximum atomic E-state index is 5.70. The molecular weight excluding hydrogens is 202 g/mol. The summed E-state index contributed by atoms with van der Waals surface area (Å²) in [5, 5.41) is 4.09. The molecule has 1 aromatic rings. The fourth-order valence-electron chi connectivity index (χ4n) is 2.73. The Morgan fingerprint density at radius 3 is 2.75 bits per heavy atom. The maximum Gasteiger partial charge on any atom is 0.138 e. The van der Waals surface area contributed by atoms with E-state index in [4.69, 9.17) is 5.84 Å². The molecule has 16 heavy (non-hydrogen) atoms. The van der Waals surface area contributed by atoms with Crippen LogP contribution < -0.4 is 11.3 Å². The Labute approximate surface area is 96.4 Å². The molecule has 0 amide bonds. The lowest BCUT2D eigenvalue weighted by Gasteiger charge is -2.33. The van der Waals surface area contributed by atoms with Crippen LogP contribution in [-0.4, -0.2) is 20.8 Å². The molecule has 2 rings (SSSR count). The first-order valence-corrected chi connectivity index (χ1v) is 5.95. The van der Waals surface area contributed by atoms with Gasteiger partial charge in [-0.15, -0.1) is 0 Å². The minimum atomic E-state index is 0.290. The van der Waals surface area contributed by atoms with E-state index in [2.05, 4.69) is 22.4 Å². The van der Waals surface area contributed by atoms with E-state index < -0.39 is 0 Å². The first-order valence-electron chi connectivity index (χ1n) is 5.95. The summed E-state index contributed by atoms with van der Waals surface area (Å²) in [4.78, 5) is 4.26. The van der Waals surface area contributed by atoms with Gasteiger partial charge in [-0.1, -0.05) is 19.8 Å². The number of aryl methyl sites for hydroxylation is 1. The number of nitrogens with zero attached hydrogens (tertiary/aromatic N) is 3. The van der Waals surface area contributed by atoms with Crippen molar-refractivity contribution in [2.45, 2.75) is 45.1 Å². The summed E-state index contributed by atoms with van der Waals surface area (Å²) < 4.78 is 1.82. The summed E-state index contributed by atoms with van der Waals surface area (Å²) in [5.74, 6) is 6.69. The van der Waals surface area contributed by atoms with Gasteiger partial charge < -0.3 is 0 Å². The zero-order chi connectivity index (χ0) is 11.6. The van der Waals surface area contributed by atoms with Crippen LogP contribution in [0, 0.1) is 5.41 Å². The van der Waals surface area contributed by atoms with Gasteiger partial charge in [0.25, 0.3) is 0 Å². The van der Waals surface area contributed by atoms with Crippen LogP contribution in [0.1, 0.15) is 38.4 Å². The molecule has 1 fully saturated rings. The second-order valence-electron chi connectivity index (χ2n) is 5.08. The van der Waals surface area contributed by atoms with E-state index in [0.29, 0.717) is 5.41 Å². The zero-order valence-electron chi connectivity index (χ0n) is 10.1. The van der Waals surface area contributed by atoms with Gasteiger partial charge in [0.1, 0.15) is 12.2 Å². The van der Waals surface area contributed by atoms with Crippen molar-refractivity contribution >= 4 is 0 Å². The molecule has 1 aliphatic rings. The normalized spacial score (nSPS) is 21.2. The van der Waals surface area contributed by atoms with E-state index in [9.17, 15) is 0 Å². The summed E-state index contributed by atoms with van der Waals surface area (Å²) in [6, 6.07) is 0.290. The number of rotatable bonds is 4. The van der Waals surface area contributed by atoms with E-state index in [1.807, 2.05) is 11.7 Å². The van der Waals surface area contributed by atoms with Crippen LogP contribution in [0.4, 0.5) is 0 Å². The smallest absolute Gasteiger partial charge is 0.138 e. The first-order chi connectivity index (χ1) is 7.65. The number of nitrogens with two attached hydrogens (primary N) is 1. The van der Waals surface area contributed by atoms with E-state index in [-0.39, 0.29) is 6.04 Å². The number of hydrogen-bond donors (Lipinski definition) is 2. The van der Waals surface area contributed by atoms with Crippen LogP contribution in [0.2, 0.25) is 0 Å². The molecule has 0 saturated heterocycles. The monoisotopic (exact) mass is 223 g/mol. The van der Waals surface area contributed by atoms with E-state index in [0.717, 1.165) is 12.2 Å². The molecule has 0 aromatic carbocycles. The molecular formula is C11H21N5. The first kappa shape index (κ1) is 11.5. The molecule has 5 heteroatoms. The quantitative estimate of drug-likeness (QED) is 0.584. The van der Waals surface area contributed by atoms with Gasteiger partial charge in [0.05, 0.1) is 0 Å². The van der Waals surface area contributed by atoms with Crippen molar-refractivity contribution in [1.82, 2.24) is 20.2 Å². The summed E-state index contributed by atoms with van der Waals surface area (Å²) in [7, 11) is 1.92. The van der Waals surface area contributed by atoms with Crippen molar-refractivity contribution < 1.29 is 0 Å². The Kier molecular flexibility index (Phi) is 3.25. The number of hydrazine groups is 1. The third-order valence-electron chi connectivity index (χ3n) is 3.98. The lowest BCUT2D eigenvalue weighted by Crippen LogP contribution is -2.47. The van der Waals surface area contributed by atoms with Gasteiger partial charge in [0, 0.05) is 19.5 Å². The highest BCUT2D eigenvalue weighted by Gasteiger charge is 2.37. The molecule has 0 radical (unpaired) electrons. The Bertz CT molecular complexity index is 340. The third-order valence-corrected chi connectivity index (χ3v) is 3.98. The number of aromatic nitrogens is 3. The largest absolute Gasteiger partial charge is 0.271 e. The molecule has 1 saturated carbocycles. The lowest BCUT2D eigenvalue weighted by molar-refractivity contribution is 0.217. The van der Waals surface area contributed by atoms with Gasteiger partial charge in [-0.3, -0.25) is 16.0 Å². The fraction of sp³-hybridized carbons (Fsp3) is 0.818. The summed E-state index contributed by atoms with van der Waals surface area (Å²) in [6.07, 6.45) is 7.57. The molecule has 3 N–H and O–H groups in total. The minimum absolute atomic E-state index is 0.290. The summed E-state index contributed by atoms with van der Waals surface area (Å²) >= 11 is 0. The van der Waals surface area contributed by atoms with Crippen molar-refractivity contribution in [2.24, 2.45) is 18.3 Å². The molecule has 1 unspecified atom stereocenters. The Hall–Kier alpha value is -0.940. The molecule has 5 nitrogen and oxygen atoms in total. The van der Waals surface area contributed by atoms with E-state index in [1.54, 1.807) is 6.33 Å². The predicted molar refractivity (Wildman–Crippen MR) is 62.4 cm³/mol. The summed E-state index contributed by atoms with van der Waals surface area (Å²) in [5.41, 5.74) is 3.28. The van der Waals surface area contributed by atoms with Gasteiger partial charge in [-0.25, -0.2) is 4.98 Å². The van der Waals surface area contributed by atoms with Gasteiger partial charge >= 0.3 is 0 Å². The highest BCUT2D eigenvalue weighted by Crippen LogP contribution is 2.41. The maximum absolute atomic E-state index is 5.70. The second kappa shape index (κ2) is 4.51. The second-order valence-corrected chi connectivity index (χ2v) is 5.08. The molecule has 1 aromatic heterocycles. The molecule has 1 aliphatic carbocycles. The van der Waals surface area contributed by atoms with Crippen molar-refractivity contribution in [3.05, 3.63) is 12.2 Å². The van der Waals surface area contributed by atoms with Crippen LogP contribution in [0.15, 0.2) is 6.33 Å². The number of hydrogen-bond acceptors (Lipinski definition) is 4.